The van der Waals surface area contributed by atoms with Crippen LogP contribution in [-0.4, -0.2) is 16.3 Å². The topological polar surface area (TPSA) is 48.3 Å². The smallest absolute Gasteiger partial charge is 0.343 e. The minimum Gasteiger partial charge on any atom is -0.423 e. The maximum absolute atomic E-state index is 12.4. The Bertz CT molecular complexity index is 1220. The fraction of sp³-hybridized carbons (Fsp3) is 0.0833. The molecule has 4 aromatic rings. The van der Waals surface area contributed by atoms with Crippen LogP contribution in [0.1, 0.15) is 33.3 Å². The number of ether oxygens (including phenoxy) is 1. The molecule has 0 aliphatic heterocycles. The first-order valence-electron chi connectivity index (χ1n) is 9.15. The average Bonchev–Trinajstić information content (AvgIpc) is 3.00. The van der Waals surface area contributed by atoms with E-state index in [9.17, 15) is 9.59 Å². The van der Waals surface area contributed by atoms with Crippen LogP contribution in [0.2, 0.25) is 0 Å². The van der Waals surface area contributed by atoms with Crippen molar-refractivity contribution in [1.29, 1.82) is 0 Å². The molecular formula is C24H18INO3. The van der Waals surface area contributed by atoms with E-state index in [1.807, 2.05) is 43.3 Å². The minimum absolute atomic E-state index is 0.0247. The molecule has 0 N–H and O–H groups in total. The number of rotatable bonds is 4. The lowest BCUT2D eigenvalue weighted by Crippen LogP contribution is -2.08. The first kappa shape index (κ1) is 19.4. The molecule has 0 atom stereocenters. The van der Waals surface area contributed by atoms with Gasteiger partial charge in [-0.15, -0.1) is 0 Å². The van der Waals surface area contributed by atoms with Crippen molar-refractivity contribution in [1.82, 2.24) is 4.57 Å². The highest BCUT2D eigenvalue weighted by atomic mass is 127. The third-order valence-electron chi connectivity index (χ3n) is 4.83. The summed E-state index contributed by atoms with van der Waals surface area (Å²) in [7, 11) is 0. The first-order valence-corrected chi connectivity index (χ1v) is 10.2. The predicted octanol–water partition coefficient (Wildman–Crippen LogP) is 5.97. The molecule has 0 radical (unpaired) electrons. The van der Waals surface area contributed by atoms with Gasteiger partial charge in [0.25, 0.3) is 0 Å². The van der Waals surface area contributed by atoms with Crippen LogP contribution < -0.4 is 4.74 Å². The number of fused-ring (bicyclic) bond motifs is 1. The standard InChI is InChI=1S/C24H18INO3/c1-15-23(16(2)27)21-14-20(29-24(28)17-6-4-3-5-7-17)12-13-22(21)26(15)19-10-8-18(25)9-11-19/h3-14H,1-2H3. The second-order valence-corrected chi connectivity index (χ2v) is 8.01. The van der Waals surface area contributed by atoms with Crippen molar-refractivity contribution in [2.75, 3.05) is 0 Å². The molecule has 29 heavy (non-hydrogen) atoms. The number of esters is 1. The Morgan fingerprint density at radius 3 is 2.28 bits per heavy atom. The molecule has 4 nitrogen and oxygen atoms in total. The van der Waals surface area contributed by atoms with E-state index in [1.54, 1.807) is 43.3 Å². The fourth-order valence-corrected chi connectivity index (χ4v) is 3.93. The summed E-state index contributed by atoms with van der Waals surface area (Å²) in [6.45, 7) is 3.49. The SMILES string of the molecule is CC(=O)c1c(C)n(-c2ccc(I)cc2)c2ccc(OC(=O)c3ccccc3)cc12. The summed E-state index contributed by atoms with van der Waals surface area (Å²) in [4.78, 5) is 24.8. The Balaban J connectivity index is 1.82. The van der Waals surface area contributed by atoms with Gasteiger partial charge < -0.3 is 9.30 Å². The molecule has 0 saturated carbocycles. The van der Waals surface area contributed by atoms with Crippen molar-refractivity contribution in [2.45, 2.75) is 13.8 Å². The van der Waals surface area contributed by atoms with Crippen LogP contribution in [-0.2, 0) is 0 Å². The van der Waals surface area contributed by atoms with Crippen LogP contribution in [0.3, 0.4) is 0 Å². The van der Waals surface area contributed by atoms with Crippen molar-refractivity contribution in [3.8, 4) is 11.4 Å². The Labute approximate surface area is 182 Å². The third kappa shape index (κ3) is 3.70. The second kappa shape index (κ2) is 7.83. The zero-order valence-electron chi connectivity index (χ0n) is 16.0. The maximum Gasteiger partial charge on any atom is 0.343 e. The second-order valence-electron chi connectivity index (χ2n) is 6.76. The summed E-state index contributed by atoms with van der Waals surface area (Å²) in [5, 5.41) is 0.770. The van der Waals surface area contributed by atoms with Crippen LogP contribution in [0.5, 0.6) is 5.75 Å². The van der Waals surface area contributed by atoms with E-state index in [0.29, 0.717) is 16.9 Å². The number of ketones is 1. The molecule has 1 aromatic heterocycles. The molecule has 5 heteroatoms. The van der Waals surface area contributed by atoms with Gasteiger partial charge in [-0.1, -0.05) is 18.2 Å². The van der Waals surface area contributed by atoms with Gasteiger partial charge in [0.2, 0.25) is 0 Å². The molecule has 0 aliphatic carbocycles. The largest absolute Gasteiger partial charge is 0.423 e. The third-order valence-corrected chi connectivity index (χ3v) is 5.55. The molecule has 0 spiro atoms. The summed E-state index contributed by atoms with van der Waals surface area (Å²) >= 11 is 2.27. The summed E-state index contributed by atoms with van der Waals surface area (Å²) < 4.78 is 8.75. The van der Waals surface area contributed by atoms with Crippen molar-refractivity contribution in [3.05, 3.63) is 93.2 Å². The lowest BCUT2D eigenvalue weighted by Gasteiger charge is -2.09. The van der Waals surface area contributed by atoms with Gasteiger partial charge in [-0.05, 0) is 91.0 Å². The zero-order chi connectivity index (χ0) is 20.5. The van der Waals surface area contributed by atoms with Gasteiger partial charge in [-0.3, -0.25) is 4.79 Å². The van der Waals surface area contributed by atoms with E-state index in [1.165, 1.54) is 0 Å². The summed E-state index contributed by atoms with van der Waals surface area (Å²) in [6.07, 6.45) is 0. The minimum atomic E-state index is -0.428. The number of nitrogens with zero attached hydrogens (tertiary/aromatic N) is 1. The fourth-order valence-electron chi connectivity index (χ4n) is 3.57. The predicted molar refractivity (Wildman–Crippen MR) is 122 cm³/mol. The number of carbonyl (C=O) groups excluding carboxylic acids is 2. The van der Waals surface area contributed by atoms with Gasteiger partial charge in [0.1, 0.15) is 5.75 Å². The van der Waals surface area contributed by atoms with Crippen molar-refractivity contribution in [3.63, 3.8) is 0 Å². The number of halogens is 1. The molecular weight excluding hydrogens is 477 g/mol. The van der Waals surface area contributed by atoms with Crippen LogP contribution in [0.15, 0.2) is 72.8 Å². The Hall–Kier alpha value is -2.93. The Morgan fingerprint density at radius 2 is 1.62 bits per heavy atom. The zero-order valence-corrected chi connectivity index (χ0v) is 18.1. The van der Waals surface area contributed by atoms with Crippen LogP contribution >= 0.6 is 22.6 Å². The lowest BCUT2D eigenvalue weighted by atomic mass is 10.1. The summed E-state index contributed by atoms with van der Waals surface area (Å²) in [6, 6.07) is 22.4. The van der Waals surface area contributed by atoms with Gasteiger partial charge in [0, 0.05) is 25.9 Å². The van der Waals surface area contributed by atoms with Gasteiger partial charge in [-0.2, -0.15) is 0 Å². The average molecular weight is 495 g/mol. The van der Waals surface area contributed by atoms with Gasteiger partial charge in [0.15, 0.2) is 5.78 Å². The quantitative estimate of drug-likeness (QED) is 0.152. The number of carbonyl (C=O) groups is 2. The molecule has 4 rings (SSSR count). The highest BCUT2D eigenvalue weighted by Crippen LogP contribution is 2.32. The van der Waals surface area contributed by atoms with Crippen LogP contribution in [0, 0.1) is 10.5 Å². The van der Waals surface area contributed by atoms with E-state index in [2.05, 4.69) is 27.2 Å². The highest BCUT2D eigenvalue weighted by Gasteiger charge is 2.19. The van der Waals surface area contributed by atoms with E-state index < -0.39 is 5.97 Å². The number of hydrogen-bond donors (Lipinski definition) is 0. The molecule has 3 aromatic carbocycles. The highest BCUT2D eigenvalue weighted by molar-refractivity contribution is 14.1. The van der Waals surface area contributed by atoms with Gasteiger partial charge in [-0.25, -0.2) is 4.79 Å². The Morgan fingerprint density at radius 1 is 0.931 bits per heavy atom. The van der Waals surface area contributed by atoms with Crippen LogP contribution in [0.4, 0.5) is 0 Å². The monoisotopic (exact) mass is 495 g/mol. The normalized spacial score (nSPS) is 10.9. The van der Waals surface area contributed by atoms with E-state index in [0.717, 1.165) is 25.9 Å². The maximum atomic E-state index is 12.4. The summed E-state index contributed by atoms with van der Waals surface area (Å²) in [5.41, 5.74) is 3.85. The van der Waals surface area contributed by atoms with E-state index >= 15 is 0 Å². The molecule has 0 fully saturated rings. The Kier molecular flexibility index (Phi) is 5.24. The van der Waals surface area contributed by atoms with Crippen molar-refractivity contribution < 1.29 is 14.3 Å². The summed E-state index contributed by atoms with van der Waals surface area (Å²) in [5.74, 6) is -0.0416. The molecule has 1 heterocycles. The molecule has 0 amide bonds. The molecule has 144 valence electrons. The van der Waals surface area contributed by atoms with E-state index in [-0.39, 0.29) is 5.78 Å². The van der Waals surface area contributed by atoms with Gasteiger partial charge >= 0.3 is 5.97 Å². The van der Waals surface area contributed by atoms with E-state index in [4.69, 9.17) is 4.74 Å². The number of aromatic nitrogens is 1. The molecule has 0 aliphatic rings. The molecule has 0 unspecified atom stereocenters. The number of benzene rings is 3. The van der Waals surface area contributed by atoms with Crippen molar-refractivity contribution >= 4 is 45.2 Å². The molecule has 0 saturated heterocycles. The lowest BCUT2D eigenvalue weighted by molar-refractivity contribution is 0.0735. The molecule has 0 bridgehead atoms. The number of Topliss-reactive ketones (excluding diaryl/α,β-unsaturated/α-hetero) is 1. The van der Waals surface area contributed by atoms with Crippen LogP contribution in [0.25, 0.3) is 16.6 Å². The first-order chi connectivity index (χ1) is 14.0. The van der Waals surface area contributed by atoms with Crippen molar-refractivity contribution in [2.24, 2.45) is 0 Å². The number of hydrogen-bond acceptors (Lipinski definition) is 3. The van der Waals surface area contributed by atoms with Gasteiger partial charge in [0.05, 0.1) is 11.1 Å².